The van der Waals surface area contributed by atoms with Crippen molar-refractivity contribution in [3.8, 4) is 0 Å². The third-order valence-corrected chi connectivity index (χ3v) is 3.81. The van der Waals surface area contributed by atoms with Gasteiger partial charge in [-0.1, -0.05) is 6.07 Å². The average molecular weight is 332 g/mol. The number of aliphatic carboxylic acids is 1. The molecule has 1 aliphatic rings. The van der Waals surface area contributed by atoms with E-state index in [2.05, 4.69) is 15.9 Å². The van der Waals surface area contributed by atoms with E-state index < -0.39 is 29.8 Å². The Labute approximate surface area is 116 Å². The van der Waals surface area contributed by atoms with Crippen molar-refractivity contribution in [1.29, 1.82) is 0 Å². The van der Waals surface area contributed by atoms with Gasteiger partial charge in [-0.3, -0.25) is 4.79 Å². The van der Waals surface area contributed by atoms with Gasteiger partial charge in [0.2, 0.25) is 0 Å². The standard InChI is InChI=1S/C12H11BrFNO4/c13-10-7(2-1-3-8(10)14)11(17)15-5-6(16)4-9(15)12(18)19/h1-3,6,9,16H,4-5H2,(H,18,19)/t6?,9-/m0/s1. The highest BCUT2D eigenvalue weighted by molar-refractivity contribution is 9.10. The Morgan fingerprint density at radius 3 is 2.74 bits per heavy atom. The molecule has 0 spiro atoms. The monoisotopic (exact) mass is 331 g/mol. The van der Waals surface area contributed by atoms with Crippen LogP contribution >= 0.6 is 15.9 Å². The number of benzene rings is 1. The first kappa shape index (κ1) is 14.0. The van der Waals surface area contributed by atoms with E-state index in [0.717, 1.165) is 4.90 Å². The number of β-amino-alcohol motifs (C(OH)–C–C–N with tert-alkyl or cyclic N) is 1. The molecule has 1 aromatic carbocycles. The van der Waals surface area contributed by atoms with Gasteiger partial charge in [-0.05, 0) is 28.1 Å². The highest BCUT2D eigenvalue weighted by Gasteiger charge is 2.39. The zero-order valence-corrected chi connectivity index (χ0v) is 11.3. The molecule has 1 fully saturated rings. The molecule has 2 N–H and O–H groups in total. The van der Waals surface area contributed by atoms with E-state index in [1.165, 1.54) is 18.2 Å². The molecular weight excluding hydrogens is 321 g/mol. The zero-order chi connectivity index (χ0) is 14.2. The van der Waals surface area contributed by atoms with Gasteiger partial charge in [-0.15, -0.1) is 0 Å². The summed E-state index contributed by atoms with van der Waals surface area (Å²) in [5, 5.41) is 18.5. The van der Waals surface area contributed by atoms with Crippen LogP contribution < -0.4 is 0 Å². The topological polar surface area (TPSA) is 77.8 Å². The highest BCUT2D eigenvalue weighted by atomic mass is 79.9. The lowest BCUT2D eigenvalue weighted by Gasteiger charge is -2.21. The number of likely N-dealkylation sites (tertiary alicyclic amines) is 1. The van der Waals surface area contributed by atoms with Crippen LogP contribution in [0.25, 0.3) is 0 Å². The molecule has 7 heteroatoms. The van der Waals surface area contributed by atoms with Crippen LogP contribution in [0.3, 0.4) is 0 Å². The maximum Gasteiger partial charge on any atom is 0.326 e. The number of nitrogens with zero attached hydrogens (tertiary/aromatic N) is 1. The number of carboxylic acids is 1. The van der Waals surface area contributed by atoms with Gasteiger partial charge in [0.15, 0.2) is 0 Å². The van der Waals surface area contributed by atoms with E-state index in [-0.39, 0.29) is 23.0 Å². The van der Waals surface area contributed by atoms with Gasteiger partial charge in [-0.2, -0.15) is 0 Å². The summed E-state index contributed by atoms with van der Waals surface area (Å²) in [7, 11) is 0. The van der Waals surface area contributed by atoms with Crippen LogP contribution in [-0.2, 0) is 4.79 Å². The minimum Gasteiger partial charge on any atom is -0.480 e. The lowest BCUT2D eigenvalue weighted by atomic mass is 10.1. The number of aliphatic hydroxyl groups excluding tert-OH is 1. The fraction of sp³-hybridized carbons (Fsp3) is 0.333. The Balaban J connectivity index is 2.33. The number of hydrogen-bond donors (Lipinski definition) is 2. The summed E-state index contributed by atoms with van der Waals surface area (Å²) in [5.41, 5.74) is 0.0420. The first-order valence-electron chi connectivity index (χ1n) is 5.57. The molecule has 0 aliphatic carbocycles. The van der Waals surface area contributed by atoms with Crippen LogP contribution in [0.1, 0.15) is 16.8 Å². The molecule has 0 radical (unpaired) electrons. The Morgan fingerprint density at radius 1 is 1.42 bits per heavy atom. The quantitative estimate of drug-likeness (QED) is 0.854. The second-order valence-corrected chi connectivity index (χ2v) is 5.10. The number of carbonyl (C=O) groups excluding carboxylic acids is 1. The third-order valence-electron chi connectivity index (χ3n) is 3.01. The van der Waals surface area contributed by atoms with Gasteiger partial charge in [0.1, 0.15) is 11.9 Å². The van der Waals surface area contributed by atoms with E-state index in [4.69, 9.17) is 5.11 Å². The molecule has 0 bridgehead atoms. The van der Waals surface area contributed by atoms with Crippen molar-refractivity contribution in [1.82, 2.24) is 4.90 Å². The van der Waals surface area contributed by atoms with Crippen molar-refractivity contribution >= 4 is 27.8 Å². The smallest absolute Gasteiger partial charge is 0.326 e. The number of aliphatic hydroxyl groups is 1. The summed E-state index contributed by atoms with van der Waals surface area (Å²) < 4.78 is 13.4. The predicted molar refractivity (Wildman–Crippen MR) is 67.2 cm³/mol. The second kappa shape index (κ2) is 5.26. The number of carboxylic acid groups (broad SMARTS) is 1. The molecule has 5 nitrogen and oxygen atoms in total. The fourth-order valence-electron chi connectivity index (χ4n) is 2.10. The lowest BCUT2D eigenvalue weighted by molar-refractivity contribution is -0.141. The Bertz CT molecular complexity index is 536. The van der Waals surface area contributed by atoms with E-state index in [1.54, 1.807) is 0 Å². The Morgan fingerprint density at radius 2 is 2.11 bits per heavy atom. The Kier molecular flexibility index (Phi) is 3.86. The van der Waals surface area contributed by atoms with Crippen molar-refractivity contribution in [3.05, 3.63) is 34.1 Å². The van der Waals surface area contributed by atoms with Gasteiger partial charge in [0, 0.05) is 13.0 Å². The predicted octanol–water partition coefficient (Wildman–Crippen LogP) is 1.25. The number of amides is 1. The summed E-state index contributed by atoms with van der Waals surface area (Å²) in [6, 6.07) is 2.88. The Hall–Kier alpha value is -1.47. The molecule has 2 rings (SSSR count). The first-order valence-corrected chi connectivity index (χ1v) is 6.37. The van der Waals surface area contributed by atoms with Gasteiger partial charge >= 0.3 is 5.97 Å². The fourth-order valence-corrected chi connectivity index (χ4v) is 2.53. The minimum atomic E-state index is -1.18. The largest absolute Gasteiger partial charge is 0.480 e. The van der Waals surface area contributed by atoms with Crippen molar-refractivity contribution in [2.45, 2.75) is 18.6 Å². The summed E-state index contributed by atoms with van der Waals surface area (Å²) in [6.45, 7) is -0.0707. The normalized spacial score (nSPS) is 22.6. The summed E-state index contributed by atoms with van der Waals surface area (Å²) in [6.07, 6.45) is -0.897. The number of carbonyl (C=O) groups is 2. The third kappa shape index (κ3) is 2.62. The van der Waals surface area contributed by atoms with E-state index in [0.29, 0.717) is 0 Å². The van der Waals surface area contributed by atoms with Crippen molar-refractivity contribution in [2.75, 3.05) is 6.54 Å². The van der Waals surface area contributed by atoms with E-state index in [1.807, 2.05) is 0 Å². The second-order valence-electron chi connectivity index (χ2n) is 4.30. The van der Waals surface area contributed by atoms with Crippen molar-refractivity contribution in [3.63, 3.8) is 0 Å². The van der Waals surface area contributed by atoms with Crippen molar-refractivity contribution in [2.24, 2.45) is 0 Å². The molecule has 1 unspecified atom stereocenters. The van der Waals surface area contributed by atoms with Crippen LogP contribution in [0.5, 0.6) is 0 Å². The SMILES string of the molecule is O=C(O)[C@@H]1CC(O)CN1C(=O)c1cccc(F)c1Br. The molecule has 1 aromatic rings. The molecule has 1 aliphatic heterocycles. The van der Waals surface area contributed by atoms with Crippen molar-refractivity contribution < 1.29 is 24.2 Å². The first-order chi connectivity index (χ1) is 8.91. The molecule has 1 heterocycles. The van der Waals surface area contributed by atoms with E-state index in [9.17, 15) is 19.1 Å². The minimum absolute atomic E-state index is 0.00877. The molecule has 1 amide bonds. The van der Waals surface area contributed by atoms with Crippen LogP contribution in [-0.4, -0.2) is 45.7 Å². The summed E-state index contributed by atoms with van der Waals surface area (Å²) in [4.78, 5) is 24.3. The molecule has 102 valence electrons. The molecule has 0 saturated carbocycles. The average Bonchev–Trinajstić information content (AvgIpc) is 2.74. The van der Waals surface area contributed by atoms with Crippen LogP contribution in [0.2, 0.25) is 0 Å². The number of rotatable bonds is 2. The van der Waals surface area contributed by atoms with Crippen LogP contribution in [0, 0.1) is 5.82 Å². The van der Waals surface area contributed by atoms with Gasteiger partial charge < -0.3 is 15.1 Å². The molecule has 1 saturated heterocycles. The van der Waals surface area contributed by atoms with Gasteiger partial charge in [-0.25, -0.2) is 9.18 Å². The number of halogens is 2. The summed E-state index contributed by atoms with van der Waals surface area (Å²) >= 11 is 2.97. The number of hydrogen-bond acceptors (Lipinski definition) is 3. The maximum atomic E-state index is 13.4. The highest BCUT2D eigenvalue weighted by Crippen LogP contribution is 2.26. The zero-order valence-electron chi connectivity index (χ0n) is 9.72. The van der Waals surface area contributed by atoms with Crippen LogP contribution in [0.15, 0.2) is 22.7 Å². The molecular formula is C12H11BrFNO4. The molecule has 2 atom stereocenters. The van der Waals surface area contributed by atoms with Gasteiger partial charge in [0.05, 0.1) is 16.1 Å². The van der Waals surface area contributed by atoms with E-state index >= 15 is 0 Å². The van der Waals surface area contributed by atoms with Gasteiger partial charge in [0.25, 0.3) is 5.91 Å². The molecule has 0 aromatic heterocycles. The maximum absolute atomic E-state index is 13.4. The molecule has 19 heavy (non-hydrogen) atoms. The van der Waals surface area contributed by atoms with Crippen LogP contribution in [0.4, 0.5) is 4.39 Å². The summed E-state index contributed by atoms with van der Waals surface area (Å²) in [5.74, 6) is -2.40. The lowest BCUT2D eigenvalue weighted by Crippen LogP contribution is -2.40.